The molecule has 0 radical (unpaired) electrons. The highest BCUT2D eigenvalue weighted by Gasteiger charge is 2.45. The summed E-state index contributed by atoms with van der Waals surface area (Å²) in [5.41, 5.74) is 2.36. The lowest BCUT2D eigenvalue weighted by Gasteiger charge is -2.54. The monoisotopic (exact) mass is 244 g/mol. The van der Waals surface area contributed by atoms with Gasteiger partial charge in [0.15, 0.2) is 0 Å². The molecular weight excluding hydrogens is 220 g/mol. The lowest BCUT2D eigenvalue weighted by Crippen LogP contribution is -2.60. The van der Waals surface area contributed by atoms with E-state index >= 15 is 0 Å². The highest BCUT2D eigenvalue weighted by molar-refractivity contribution is 5.15. The second-order valence-corrected chi connectivity index (χ2v) is 7.03. The first kappa shape index (κ1) is 12.2. The molecule has 2 heteroatoms. The molecule has 1 aromatic rings. The number of benzene rings is 1. The van der Waals surface area contributed by atoms with Crippen LogP contribution in [0.3, 0.4) is 0 Å². The van der Waals surface area contributed by atoms with E-state index in [4.69, 9.17) is 0 Å². The minimum atomic E-state index is 0.458. The molecule has 2 atom stereocenters. The number of rotatable bonds is 2. The number of hydrogen-bond acceptors (Lipinski definition) is 2. The molecule has 0 aliphatic carbocycles. The van der Waals surface area contributed by atoms with Crippen molar-refractivity contribution in [3.05, 3.63) is 35.9 Å². The first-order chi connectivity index (χ1) is 8.57. The van der Waals surface area contributed by atoms with Crippen molar-refractivity contribution in [1.29, 1.82) is 0 Å². The Hall–Kier alpha value is -0.860. The molecule has 98 valence electrons. The number of piperidine rings is 2. The Morgan fingerprint density at radius 2 is 1.67 bits per heavy atom. The highest BCUT2D eigenvalue weighted by Crippen LogP contribution is 2.42. The molecule has 1 N–H and O–H groups in total. The van der Waals surface area contributed by atoms with E-state index in [2.05, 4.69) is 54.4 Å². The van der Waals surface area contributed by atoms with Crippen LogP contribution in [0, 0.1) is 10.8 Å². The molecule has 2 heterocycles. The smallest absolute Gasteiger partial charge is 0.0234 e. The maximum Gasteiger partial charge on any atom is 0.0234 e. The van der Waals surface area contributed by atoms with Gasteiger partial charge in [-0.15, -0.1) is 0 Å². The zero-order valence-corrected chi connectivity index (χ0v) is 11.6. The minimum absolute atomic E-state index is 0.458. The third-order valence-corrected chi connectivity index (χ3v) is 4.42. The van der Waals surface area contributed by atoms with Gasteiger partial charge >= 0.3 is 0 Å². The van der Waals surface area contributed by atoms with E-state index in [-0.39, 0.29) is 0 Å². The SMILES string of the molecule is C[C@@]12CNC[C@](C)(CN(Cc3ccccc3)C1)C2. The first-order valence-electron chi connectivity index (χ1n) is 7.04. The summed E-state index contributed by atoms with van der Waals surface area (Å²) in [6.45, 7) is 10.8. The average molecular weight is 244 g/mol. The molecule has 0 amide bonds. The van der Waals surface area contributed by atoms with Crippen LogP contribution in [0.5, 0.6) is 0 Å². The molecule has 2 saturated heterocycles. The molecule has 2 bridgehead atoms. The summed E-state index contributed by atoms with van der Waals surface area (Å²) in [5.74, 6) is 0. The Kier molecular flexibility index (Phi) is 2.95. The lowest BCUT2D eigenvalue weighted by atomic mass is 9.66. The van der Waals surface area contributed by atoms with Gasteiger partial charge in [0.2, 0.25) is 0 Å². The van der Waals surface area contributed by atoms with Gasteiger partial charge < -0.3 is 5.32 Å². The molecule has 0 aromatic heterocycles. The molecule has 2 aliphatic heterocycles. The Morgan fingerprint density at radius 1 is 1.06 bits per heavy atom. The average Bonchev–Trinajstić information content (AvgIpc) is 2.27. The van der Waals surface area contributed by atoms with E-state index in [1.807, 2.05) is 0 Å². The molecule has 2 nitrogen and oxygen atoms in total. The Balaban J connectivity index is 1.74. The number of nitrogens with one attached hydrogen (secondary N) is 1. The van der Waals surface area contributed by atoms with Crippen LogP contribution >= 0.6 is 0 Å². The van der Waals surface area contributed by atoms with Gasteiger partial charge in [-0.05, 0) is 22.8 Å². The van der Waals surface area contributed by atoms with E-state index in [1.54, 1.807) is 0 Å². The standard InChI is InChI=1S/C16H24N2/c1-15-9-16(2,11-17-10-15)13-18(12-15)8-14-6-4-3-5-7-14/h3-7,17H,8-13H2,1-2H3/t15-,16-/m1/s1. The fourth-order valence-corrected chi connectivity index (χ4v) is 4.13. The minimum Gasteiger partial charge on any atom is -0.316 e. The van der Waals surface area contributed by atoms with E-state index < -0.39 is 0 Å². The molecule has 2 aliphatic rings. The Labute approximate surface area is 110 Å². The van der Waals surface area contributed by atoms with Crippen molar-refractivity contribution in [1.82, 2.24) is 10.2 Å². The van der Waals surface area contributed by atoms with Crippen molar-refractivity contribution in [2.75, 3.05) is 26.2 Å². The second-order valence-electron chi connectivity index (χ2n) is 7.03. The van der Waals surface area contributed by atoms with Crippen molar-refractivity contribution in [3.63, 3.8) is 0 Å². The topological polar surface area (TPSA) is 15.3 Å². The fraction of sp³-hybridized carbons (Fsp3) is 0.625. The number of fused-ring (bicyclic) bond motifs is 2. The summed E-state index contributed by atoms with van der Waals surface area (Å²) in [6.07, 6.45) is 1.37. The predicted molar refractivity (Wildman–Crippen MR) is 75.4 cm³/mol. The van der Waals surface area contributed by atoms with Crippen molar-refractivity contribution < 1.29 is 0 Å². The van der Waals surface area contributed by atoms with Crippen LogP contribution in [0.15, 0.2) is 30.3 Å². The molecular formula is C16H24N2. The normalized spacial score (nSPS) is 36.6. The van der Waals surface area contributed by atoms with Gasteiger partial charge in [-0.25, -0.2) is 0 Å². The van der Waals surface area contributed by atoms with Crippen LogP contribution in [-0.2, 0) is 6.54 Å². The van der Waals surface area contributed by atoms with Crippen LogP contribution in [0.1, 0.15) is 25.8 Å². The number of likely N-dealkylation sites (tertiary alicyclic amines) is 1. The zero-order chi connectivity index (χ0) is 12.6. The zero-order valence-electron chi connectivity index (χ0n) is 11.6. The van der Waals surface area contributed by atoms with E-state index in [9.17, 15) is 0 Å². The van der Waals surface area contributed by atoms with Crippen molar-refractivity contribution in [2.45, 2.75) is 26.8 Å². The van der Waals surface area contributed by atoms with Crippen LogP contribution in [0.25, 0.3) is 0 Å². The van der Waals surface area contributed by atoms with Crippen LogP contribution in [-0.4, -0.2) is 31.1 Å². The van der Waals surface area contributed by atoms with Gasteiger partial charge in [0.1, 0.15) is 0 Å². The van der Waals surface area contributed by atoms with E-state index in [1.165, 1.54) is 38.2 Å². The number of hydrogen-bond donors (Lipinski definition) is 1. The molecule has 2 fully saturated rings. The summed E-state index contributed by atoms with van der Waals surface area (Å²) < 4.78 is 0. The van der Waals surface area contributed by atoms with Crippen LogP contribution < -0.4 is 5.32 Å². The highest BCUT2D eigenvalue weighted by atomic mass is 15.2. The van der Waals surface area contributed by atoms with E-state index in [0.29, 0.717) is 10.8 Å². The first-order valence-corrected chi connectivity index (χ1v) is 7.04. The van der Waals surface area contributed by atoms with Gasteiger partial charge in [-0.2, -0.15) is 0 Å². The summed E-state index contributed by atoms with van der Waals surface area (Å²) in [4.78, 5) is 2.65. The Morgan fingerprint density at radius 3 is 2.28 bits per heavy atom. The fourth-order valence-electron chi connectivity index (χ4n) is 4.13. The second kappa shape index (κ2) is 4.36. The Bertz CT molecular complexity index is 398. The van der Waals surface area contributed by atoms with E-state index in [0.717, 1.165) is 6.54 Å². The molecule has 3 rings (SSSR count). The molecule has 0 saturated carbocycles. The summed E-state index contributed by atoms with van der Waals surface area (Å²) in [7, 11) is 0. The van der Waals surface area contributed by atoms with Gasteiger partial charge in [0, 0.05) is 32.7 Å². The number of nitrogens with zero attached hydrogens (tertiary/aromatic N) is 1. The van der Waals surface area contributed by atoms with Gasteiger partial charge in [-0.3, -0.25) is 4.90 Å². The maximum absolute atomic E-state index is 3.63. The van der Waals surface area contributed by atoms with Crippen molar-refractivity contribution in [2.24, 2.45) is 10.8 Å². The largest absolute Gasteiger partial charge is 0.316 e. The van der Waals surface area contributed by atoms with Gasteiger partial charge in [0.25, 0.3) is 0 Å². The van der Waals surface area contributed by atoms with Gasteiger partial charge in [-0.1, -0.05) is 44.2 Å². The molecule has 0 unspecified atom stereocenters. The third-order valence-electron chi connectivity index (χ3n) is 4.42. The summed E-state index contributed by atoms with van der Waals surface area (Å²) >= 11 is 0. The molecule has 18 heavy (non-hydrogen) atoms. The third kappa shape index (κ3) is 2.45. The van der Waals surface area contributed by atoms with Crippen molar-refractivity contribution in [3.8, 4) is 0 Å². The lowest BCUT2D eigenvalue weighted by molar-refractivity contribution is -0.0237. The predicted octanol–water partition coefficient (Wildman–Crippen LogP) is 2.51. The van der Waals surface area contributed by atoms with Crippen LogP contribution in [0.2, 0.25) is 0 Å². The maximum atomic E-state index is 3.63. The van der Waals surface area contributed by atoms with Crippen molar-refractivity contribution >= 4 is 0 Å². The van der Waals surface area contributed by atoms with Crippen LogP contribution in [0.4, 0.5) is 0 Å². The molecule has 0 spiro atoms. The molecule has 1 aromatic carbocycles. The van der Waals surface area contributed by atoms with Gasteiger partial charge in [0.05, 0.1) is 0 Å². The summed E-state index contributed by atoms with van der Waals surface area (Å²) in [6, 6.07) is 10.9. The quantitative estimate of drug-likeness (QED) is 0.860. The summed E-state index contributed by atoms with van der Waals surface area (Å²) in [5, 5.41) is 3.63.